The van der Waals surface area contributed by atoms with Crippen molar-refractivity contribution in [3.8, 4) is 0 Å². The number of carboxylic acid groups (broad SMARTS) is 1. The Balaban J connectivity index is 2.87. The standard InChI is InChI=1S/C12H17N3O4S/c1-4-5-15(6-9(16)14(2)3)11(17)10-13-8(7-20-10)12(18)19/h7H,4-6H2,1-3H3,(H,18,19). The van der Waals surface area contributed by atoms with E-state index in [1.54, 1.807) is 14.1 Å². The third-order valence-electron chi connectivity index (χ3n) is 2.51. The molecule has 2 amide bonds. The molecule has 110 valence electrons. The van der Waals surface area contributed by atoms with Gasteiger partial charge in [-0.15, -0.1) is 11.3 Å². The first-order valence-corrected chi connectivity index (χ1v) is 6.93. The van der Waals surface area contributed by atoms with E-state index in [9.17, 15) is 14.4 Å². The number of thiazole rings is 1. The van der Waals surface area contributed by atoms with Crippen LogP contribution in [0.4, 0.5) is 0 Å². The van der Waals surface area contributed by atoms with Gasteiger partial charge in [-0.05, 0) is 6.42 Å². The van der Waals surface area contributed by atoms with Crippen molar-refractivity contribution < 1.29 is 19.5 Å². The van der Waals surface area contributed by atoms with E-state index in [1.807, 2.05) is 6.92 Å². The lowest BCUT2D eigenvalue weighted by Crippen LogP contribution is -2.40. The SMILES string of the molecule is CCCN(CC(=O)N(C)C)C(=O)c1nc(C(=O)O)cs1. The Morgan fingerprint density at radius 3 is 2.45 bits per heavy atom. The van der Waals surface area contributed by atoms with E-state index < -0.39 is 11.9 Å². The van der Waals surface area contributed by atoms with Crippen molar-refractivity contribution in [2.75, 3.05) is 27.2 Å². The van der Waals surface area contributed by atoms with Gasteiger partial charge in [-0.2, -0.15) is 0 Å². The number of likely N-dealkylation sites (N-methyl/N-ethyl adjacent to an activating group) is 1. The fraction of sp³-hybridized carbons (Fsp3) is 0.500. The molecule has 8 heteroatoms. The Hall–Kier alpha value is -1.96. The van der Waals surface area contributed by atoms with Crippen LogP contribution in [0, 0.1) is 0 Å². The lowest BCUT2D eigenvalue weighted by Gasteiger charge is -2.22. The summed E-state index contributed by atoms with van der Waals surface area (Å²) in [5.41, 5.74) is -0.159. The van der Waals surface area contributed by atoms with Crippen LogP contribution in [-0.2, 0) is 4.79 Å². The molecule has 0 bridgehead atoms. The van der Waals surface area contributed by atoms with Crippen LogP contribution in [0.5, 0.6) is 0 Å². The molecule has 1 rings (SSSR count). The van der Waals surface area contributed by atoms with Gasteiger partial charge < -0.3 is 14.9 Å². The molecular formula is C12H17N3O4S. The largest absolute Gasteiger partial charge is 0.476 e. The van der Waals surface area contributed by atoms with E-state index >= 15 is 0 Å². The van der Waals surface area contributed by atoms with E-state index in [-0.39, 0.29) is 23.2 Å². The average molecular weight is 299 g/mol. The normalized spacial score (nSPS) is 10.2. The third-order valence-corrected chi connectivity index (χ3v) is 3.34. The number of rotatable bonds is 6. The van der Waals surface area contributed by atoms with Crippen molar-refractivity contribution in [1.82, 2.24) is 14.8 Å². The monoisotopic (exact) mass is 299 g/mol. The second-order valence-corrected chi connectivity index (χ2v) is 5.22. The zero-order chi connectivity index (χ0) is 15.3. The Kier molecular flexibility index (Phi) is 5.63. The van der Waals surface area contributed by atoms with Gasteiger partial charge in [0, 0.05) is 26.0 Å². The second-order valence-electron chi connectivity index (χ2n) is 4.36. The molecule has 0 aliphatic heterocycles. The van der Waals surface area contributed by atoms with Gasteiger partial charge in [0.25, 0.3) is 5.91 Å². The van der Waals surface area contributed by atoms with E-state index in [1.165, 1.54) is 15.2 Å². The van der Waals surface area contributed by atoms with Crippen LogP contribution in [0.3, 0.4) is 0 Å². The minimum atomic E-state index is -1.17. The quantitative estimate of drug-likeness (QED) is 0.838. The van der Waals surface area contributed by atoms with Gasteiger partial charge in [-0.25, -0.2) is 9.78 Å². The van der Waals surface area contributed by atoms with Crippen LogP contribution in [0.2, 0.25) is 0 Å². The molecular weight excluding hydrogens is 282 g/mol. The highest BCUT2D eigenvalue weighted by Crippen LogP contribution is 2.13. The van der Waals surface area contributed by atoms with Gasteiger partial charge >= 0.3 is 5.97 Å². The molecule has 1 N–H and O–H groups in total. The minimum absolute atomic E-state index is 0.0400. The molecule has 1 aromatic rings. The van der Waals surface area contributed by atoms with Crippen LogP contribution in [0.15, 0.2) is 5.38 Å². The maximum absolute atomic E-state index is 12.2. The molecule has 1 aromatic heterocycles. The van der Waals surface area contributed by atoms with Crippen molar-refractivity contribution >= 4 is 29.1 Å². The summed E-state index contributed by atoms with van der Waals surface area (Å²) in [6.07, 6.45) is 0.698. The summed E-state index contributed by atoms with van der Waals surface area (Å²) in [6.45, 7) is 2.27. The number of nitrogens with zero attached hydrogens (tertiary/aromatic N) is 3. The topological polar surface area (TPSA) is 90.8 Å². The molecule has 0 saturated heterocycles. The van der Waals surface area contributed by atoms with Crippen molar-refractivity contribution in [3.05, 3.63) is 16.1 Å². The molecule has 0 aromatic carbocycles. The average Bonchev–Trinajstić information content (AvgIpc) is 2.86. The predicted octanol–water partition coefficient (Wildman–Crippen LogP) is 0.782. The first-order chi connectivity index (χ1) is 9.36. The Labute approximate surface area is 120 Å². The lowest BCUT2D eigenvalue weighted by molar-refractivity contribution is -0.129. The van der Waals surface area contributed by atoms with Crippen LogP contribution in [0.25, 0.3) is 0 Å². The summed E-state index contributed by atoms with van der Waals surface area (Å²) >= 11 is 0.968. The molecule has 20 heavy (non-hydrogen) atoms. The van der Waals surface area contributed by atoms with Crippen LogP contribution >= 0.6 is 11.3 Å². The molecule has 0 aliphatic carbocycles. The predicted molar refractivity (Wildman–Crippen MR) is 74.0 cm³/mol. The highest BCUT2D eigenvalue weighted by Gasteiger charge is 2.22. The van der Waals surface area contributed by atoms with E-state index in [2.05, 4.69) is 4.98 Å². The summed E-state index contributed by atoms with van der Waals surface area (Å²) in [5, 5.41) is 10.2. The molecule has 7 nitrogen and oxygen atoms in total. The summed E-state index contributed by atoms with van der Waals surface area (Å²) < 4.78 is 0. The molecule has 0 fully saturated rings. The summed E-state index contributed by atoms with van der Waals surface area (Å²) in [6, 6.07) is 0. The number of carbonyl (C=O) groups excluding carboxylic acids is 2. The third kappa shape index (κ3) is 4.02. The Morgan fingerprint density at radius 1 is 1.35 bits per heavy atom. The zero-order valence-corrected chi connectivity index (χ0v) is 12.4. The van der Waals surface area contributed by atoms with Crippen molar-refractivity contribution in [3.63, 3.8) is 0 Å². The lowest BCUT2D eigenvalue weighted by atomic mass is 10.3. The van der Waals surface area contributed by atoms with Gasteiger partial charge in [0.05, 0.1) is 0 Å². The van der Waals surface area contributed by atoms with E-state index in [0.29, 0.717) is 13.0 Å². The molecule has 0 radical (unpaired) electrons. The van der Waals surface area contributed by atoms with Crippen LogP contribution in [0.1, 0.15) is 33.6 Å². The highest BCUT2D eigenvalue weighted by atomic mass is 32.1. The first-order valence-electron chi connectivity index (χ1n) is 6.05. The molecule has 1 heterocycles. The van der Waals surface area contributed by atoms with E-state index in [0.717, 1.165) is 11.3 Å². The number of amides is 2. The summed E-state index contributed by atoms with van der Waals surface area (Å²) in [4.78, 5) is 41.2. The molecule has 0 aliphatic rings. The van der Waals surface area contributed by atoms with Gasteiger partial charge in [-0.3, -0.25) is 9.59 Å². The number of carbonyl (C=O) groups is 3. The first kappa shape index (κ1) is 16.1. The Bertz CT molecular complexity index is 513. The summed E-state index contributed by atoms with van der Waals surface area (Å²) in [7, 11) is 3.23. The number of hydrogen-bond acceptors (Lipinski definition) is 5. The number of aromatic nitrogens is 1. The van der Waals surface area contributed by atoms with Crippen molar-refractivity contribution in [2.45, 2.75) is 13.3 Å². The smallest absolute Gasteiger partial charge is 0.355 e. The van der Waals surface area contributed by atoms with Gasteiger partial charge in [-0.1, -0.05) is 6.92 Å². The maximum Gasteiger partial charge on any atom is 0.355 e. The minimum Gasteiger partial charge on any atom is -0.476 e. The van der Waals surface area contributed by atoms with Crippen molar-refractivity contribution in [2.24, 2.45) is 0 Å². The van der Waals surface area contributed by atoms with Gasteiger partial charge in [0.15, 0.2) is 10.7 Å². The molecule has 0 saturated carbocycles. The molecule has 0 spiro atoms. The number of aromatic carboxylic acids is 1. The molecule has 0 atom stereocenters. The van der Waals surface area contributed by atoms with Crippen LogP contribution in [-0.4, -0.2) is 64.9 Å². The van der Waals surface area contributed by atoms with E-state index in [4.69, 9.17) is 5.11 Å². The number of hydrogen-bond donors (Lipinski definition) is 1. The summed E-state index contributed by atoms with van der Waals surface area (Å²) in [5.74, 6) is -1.78. The van der Waals surface area contributed by atoms with Gasteiger partial charge in [0.1, 0.15) is 6.54 Å². The zero-order valence-electron chi connectivity index (χ0n) is 11.6. The maximum atomic E-state index is 12.2. The fourth-order valence-electron chi connectivity index (χ4n) is 1.43. The number of carboxylic acids is 1. The molecule has 0 unspecified atom stereocenters. The van der Waals surface area contributed by atoms with Crippen molar-refractivity contribution in [1.29, 1.82) is 0 Å². The second kappa shape index (κ2) is 6.99. The Morgan fingerprint density at radius 2 is 2.00 bits per heavy atom. The van der Waals surface area contributed by atoms with Crippen LogP contribution < -0.4 is 0 Å². The highest BCUT2D eigenvalue weighted by molar-refractivity contribution is 7.11. The van der Waals surface area contributed by atoms with Gasteiger partial charge in [0.2, 0.25) is 5.91 Å². The fourth-order valence-corrected chi connectivity index (χ4v) is 2.19.